The molecule has 8 heteroatoms. The van der Waals surface area contributed by atoms with Gasteiger partial charge in [0.2, 0.25) is 0 Å². The molecule has 2 saturated carbocycles. The predicted octanol–water partition coefficient (Wildman–Crippen LogP) is 12.8. The van der Waals surface area contributed by atoms with Crippen molar-refractivity contribution >= 4 is 47.0 Å². The first-order valence-electron chi connectivity index (χ1n) is 24.2. The Kier molecular flexibility index (Phi) is 18.4. The van der Waals surface area contributed by atoms with Crippen LogP contribution in [0.4, 0.5) is 11.4 Å². The average Bonchev–Trinajstić information content (AvgIpc) is 3.31. The third-order valence-corrected chi connectivity index (χ3v) is 13.6. The Bertz CT molecular complexity index is 2030. The van der Waals surface area contributed by atoms with Crippen molar-refractivity contribution in [3.05, 3.63) is 131 Å². The summed E-state index contributed by atoms with van der Waals surface area (Å²) in [6, 6.07) is 29.6. The van der Waals surface area contributed by atoms with Crippen LogP contribution in [0.3, 0.4) is 0 Å². The van der Waals surface area contributed by atoms with E-state index in [4.69, 9.17) is 20.9 Å². The van der Waals surface area contributed by atoms with Gasteiger partial charge in [-0.05, 0) is 164 Å². The van der Waals surface area contributed by atoms with Crippen LogP contribution in [0, 0.1) is 29.1 Å². The van der Waals surface area contributed by atoms with Crippen molar-refractivity contribution < 1.29 is 28.7 Å². The molecule has 8 nitrogen and oxygen atoms in total. The lowest BCUT2D eigenvalue weighted by Gasteiger charge is -2.33. The van der Waals surface area contributed by atoms with Crippen molar-refractivity contribution in [2.45, 2.75) is 129 Å². The molecule has 65 heavy (non-hydrogen) atoms. The molecule has 0 amide bonds. The van der Waals surface area contributed by atoms with Gasteiger partial charge in [0, 0.05) is 24.2 Å². The van der Waals surface area contributed by atoms with Crippen LogP contribution in [0.2, 0.25) is 0 Å². The summed E-state index contributed by atoms with van der Waals surface area (Å²) < 4.78 is 11.6. The predicted molar refractivity (Wildman–Crippen MR) is 263 cm³/mol. The third kappa shape index (κ3) is 15.7. The average molecular weight is 879 g/mol. The number of allylic oxidation sites excluding steroid dienone is 2. The normalized spacial score (nSPS) is 19.0. The number of hydrogen-bond acceptors (Lipinski definition) is 8. The van der Waals surface area contributed by atoms with E-state index in [1.54, 1.807) is 48.6 Å². The topological polar surface area (TPSA) is 139 Å². The van der Waals surface area contributed by atoms with Crippen LogP contribution in [0.1, 0.15) is 139 Å². The number of carbonyl (C=O) groups is 4. The molecule has 0 unspecified atom stereocenters. The molecule has 0 aromatic heterocycles. The molecule has 0 bridgehead atoms. The van der Waals surface area contributed by atoms with Crippen LogP contribution in [0.25, 0.3) is 12.2 Å². The Hall–Kier alpha value is -5.76. The van der Waals surface area contributed by atoms with Gasteiger partial charge in [-0.2, -0.15) is 0 Å². The van der Waals surface area contributed by atoms with Gasteiger partial charge in [0.25, 0.3) is 0 Å². The van der Waals surface area contributed by atoms with E-state index in [1.807, 2.05) is 72.8 Å². The summed E-state index contributed by atoms with van der Waals surface area (Å²) in [7, 11) is 0. The fraction of sp³-hybridized carbons (Fsp3) is 0.439. The molecule has 2 fully saturated rings. The number of nitrogen functional groups attached to an aromatic ring is 2. The van der Waals surface area contributed by atoms with Crippen LogP contribution in [0.15, 0.2) is 109 Å². The Labute approximate surface area is 387 Å². The first-order valence-corrected chi connectivity index (χ1v) is 24.2. The van der Waals surface area contributed by atoms with Crippen LogP contribution >= 0.6 is 0 Å². The largest absolute Gasteiger partial charge is 0.426 e. The zero-order valence-corrected chi connectivity index (χ0v) is 38.7. The van der Waals surface area contributed by atoms with Gasteiger partial charge in [-0.25, -0.2) is 0 Å². The van der Waals surface area contributed by atoms with Gasteiger partial charge < -0.3 is 20.9 Å². The molecule has 2 aliphatic carbocycles. The summed E-state index contributed by atoms with van der Waals surface area (Å²) in [5.41, 5.74) is 16.1. The number of ketones is 2. The molecular formula is C57H70N2O6. The van der Waals surface area contributed by atoms with Crippen molar-refractivity contribution in [3.63, 3.8) is 0 Å². The van der Waals surface area contributed by atoms with E-state index >= 15 is 0 Å². The number of esters is 2. The minimum absolute atomic E-state index is 0.0619. The molecule has 344 valence electrons. The summed E-state index contributed by atoms with van der Waals surface area (Å²) in [6.07, 6.45) is 23.1. The maximum absolute atomic E-state index is 14.1. The van der Waals surface area contributed by atoms with Gasteiger partial charge in [0.05, 0.1) is 11.8 Å². The minimum Gasteiger partial charge on any atom is -0.426 e. The van der Waals surface area contributed by atoms with E-state index in [0.29, 0.717) is 35.7 Å². The van der Waals surface area contributed by atoms with E-state index < -0.39 is 5.41 Å². The Morgan fingerprint density at radius 3 is 1.22 bits per heavy atom. The van der Waals surface area contributed by atoms with E-state index in [9.17, 15) is 19.2 Å². The van der Waals surface area contributed by atoms with Crippen LogP contribution in [-0.2, 0) is 32.0 Å². The molecule has 4 aromatic rings. The molecule has 0 saturated heterocycles. The molecule has 0 heterocycles. The number of unbranched alkanes of at least 4 members (excludes halogenated alkanes) is 2. The van der Waals surface area contributed by atoms with Gasteiger partial charge in [0.15, 0.2) is 11.6 Å². The molecule has 0 spiro atoms. The molecule has 0 aliphatic heterocycles. The molecule has 4 aromatic carbocycles. The lowest BCUT2D eigenvalue weighted by molar-refractivity contribution is -0.141. The monoisotopic (exact) mass is 879 g/mol. The number of carbonyl (C=O) groups excluding carboxylic acids is 4. The van der Waals surface area contributed by atoms with E-state index in [0.717, 1.165) is 85.5 Å². The van der Waals surface area contributed by atoms with Crippen molar-refractivity contribution in [1.82, 2.24) is 0 Å². The van der Waals surface area contributed by atoms with Gasteiger partial charge in [-0.1, -0.05) is 113 Å². The van der Waals surface area contributed by atoms with Gasteiger partial charge >= 0.3 is 11.9 Å². The quantitative estimate of drug-likeness (QED) is 0.0344. The van der Waals surface area contributed by atoms with Crippen LogP contribution in [-0.4, -0.2) is 23.5 Å². The molecule has 2 aliphatic rings. The summed E-state index contributed by atoms with van der Waals surface area (Å²) in [5, 5.41) is 0. The highest BCUT2D eigenvalue weighted by Crippen LogP contribution is 2.38. The maximum Gasteiger partial charge on any atom is 0.314 e. The molecule has 0 atom stereocenters. The number of rotatable bonds is 22. The fourth-order valence-corrected chi connectivity index (χ4v) is 9.80. The van der Waals surface area contributed by atoms with E-state index in [-0.39, 0.29) is 48.2 Å². The van der Waals surface area contributed by atoms with Crippen molar-refractivity contribution in [2.24, 2.45) is 29.1 Å². The SMILES string of the molecule is CCCCC1CCC(C(=O)Oc2ccc(/C=C/C(=O)CC(CC(=O)/C=C/c3ccc(OC(=O)C4CCC(CCCC)CC4)cc3)(Cc3ccc(N)cc3)Cc3ccc(N)cc3)cc2)CC1. The lowest BCUT2D eigenvalue weighted by Crippen LogP contribution is -2.32. The van der Waals surface area contributed by atoms with Crippen molar-refractivity contribution in [1.29, 1.82) is 0 Å². The highest BCUT2D eigenvalue weighted by atomic mass is 16.5. The summed E-state index contributed by atoms with van der Waals surface area (Å²) in [6.45, 7) is 4.44. The van der Waals surface area contributed by atoms with Gasteiger partial charge in [-0.15, -0.1) is 0 Å². The second kappa shape index (κ2) is 24.5. The number of ether oxygens (including phenoxy) is 2. The molecule has 4 N–H and O–H groups in total. The number of anilines is 2. The first kappa shape index (κ1) is 48.7. The van der Waals surface area contributed by atoms with Crippen LogP contribution in [0.5, 0.6) is 11.5 Å². The highest BCUT2D eigenvalue weighted by Gasteiger charge is 2.35. The Morgan fingerprint density at radius 1 is 0.523 bits per heavy atom. The number of nitrogens with two attached hydrogens (primary N) is 2. The van der Waals surface area contributed by atoms with Crippen LogP contribution < -0.4 is 20.9 Å². The Morgan fingerprint density at radius 2 is 0.877 bits per heavy atom. The summed E-state index contributed by atoms with van der Waals surface area (Å²) in [5.74, 6) is 1.73. The second-order valence-corrected chi connectivity index (χ2v) is 19.0. The second-order valence-electron chi connectivity index (χ2n) is 19.0. The lowest BCUT2D eigenvalue weighted by atomic mass is 9.69. The number of hydrogen-bond donors (Lipinski definition) is 2. The molecular weight excluding hydrogens is 809 g/mol. The zero-order chi connectivity index (χ0) is 46.0. The minimum atomic E-state index is -0.796. The maximum atomic E-state index is 14.1. The molecule has 6 rings (SSSR count). The summed E-state index contributed by atoms with van der Waals surface area (Å²) >= 11 is 0. The number of benzene rings is 4. The fourth-order valence-electron chi connectivity index (χ4n) is 9.80. The summed E-state index contributed by atoms with van der Waals surface area (Å²) in [4.78, 5) is 54.1. The van der Waals surface area contributed by atoms with E-state index in [1.165, 1.54) is 38.5 Å². The van der Waals surface area contributed by atoms with Crippen molar-refractivity contribution in [3.8, 4) is 11.5 Å². The first-order chi connectivity index (χ1) is 31.5. The zero-order valence-electron chi connectivity index (χ0n) is 38.7. The highest BCUT2D eigenvalue weighted by molar-refractivity contribution is 5.97. The third-order valence-electron chi connectivity index (χ3n) is 13.6. The standard InChI is InChI=1S/C57H70N2O6/c1-3-5-7-41-9-23-47(24-10-41)55(62)64-53-33-19-43(20-34-53)17-31-51(60)39-57(37-45-13-27-49(58)28-14-45,38-46-15-29-50(59)30-16-46)40-52(61)32-18-44-21-35-54(36-22-44)65-56(63)48-25-11-42(12-26-48)8-6-4-2/h13-22,27-36,41-42,47-48H,3-12,23-26,37-40,58-59H2,1-2H3/b31-17+,32-18+. The smallest absolute Gasteiger partial charge is 0.314 e. The van der Waals surface area contributed by atoms with Crippen molar-refractivity contribution in [2.75, 3.05) is 11.5 Å². The van der Waals surface area contributed by atoms with Gasteiger partial charge in [-0.3, -0.25) is 19.2 Å². The Balaban J connectivity index is 1.12. The van der Waals surface area contributed by atoms with Gasteiger partial charge in [0.1, 0.15) is 11.5 Å². The molecule has 0 radical (unpaired) electrons. The van der Waals surface area contributed by atoms with E-state index in [2.05, 4.69) is 13.8 Å².